The number of amides is 3. The molecule has 1 fully saturated rings. The number of imidazole rings is 1. The van der Waals surface area contributed by atoms with Crippen LogP contribution in [-0.4, -0.2) is 69.8 Å². The van der Waals surface area contributed by atoms with Crippen LogP contribution in [0.15, 0.2) is 0 Å². The summed E-state index contributed by atoms with van der Waals surface area (Å²) in [5, 5.41) is 2.86. The van der Waals surface area contributed by atoms with Crippen molar-refractivity contribution in [2.75, 3.05) is 32.7 Å². The van der Waals surface area contributed by atoms with Crippen LogP contribution in [0.4, 0.5) is 0 Å². The summed E-state index contributed by atoms with van der Waals surface area (Å²) in [4.78, 5) is 44.9. The number of rotatable bonds is 4. The molecule has 8 heteroatoms. The van der Waals surface area contributed by atoms with E-state index in [1.54, 1.807) is 16.7 Å². The lowest BCUT2D eigenvalue weighted by Gasteiger charge is -2.34. The summed E-state index contributed by atoms with van der Waals surface area (Å²) >= 11 is 0. The van der Waals surface area contributed by atoms with Gasteiger partial charge in [0.05, 0.1) is 5.69 Å². The van der Waals surface area contributed by atoms with E-state index < -0.39 is 0 Å². The van der Waals surface area contributed by atoms with Gasteiger partial charge in [0.25, 0.3) is 11.8 Å². The number of piperazine rings is 1. The zero-order chi connectivity index (χ0) is 18.7. The highest BCUT2D eigenvalue weighted by atomic mass is 16.2. The number of nitrogens with zero attached hydrogens (tertiary/aromatic N) is 4. The second-order valence-electron chi connectivity index (χ2n) is 6.89. The molecule has 1 aromatic heterocycles. The van der Waals surface area contributed by atoms with Crippen LogP contribution < -0.4 is 5.32 Å². The quantitative estimate of drug-likeness (QED) is 0.854. The van der Waals surface area contributed by atoms with Gasteiger partial charge in [-0.15, -0.1) is 0 Å². The fraction of sp³-hybridized carbons (Fsp3) is 0.667. The first-order valence-corrected chi connectivity index (χ1v) is 9.45. The van der Waals surface area contributed by atoms with Crippen LogP contribution in [-0.2, 0) is 17.8 Å². The van der Waals surface area contributed by atoms with Gasteiger partial charge in [-0.3, -0.25) is 14.4 Å². The Balaban J connectivity index is 1.81. The average molecular weight is 361 g/mol. The van der Waals surface area contributed by atoms with E-state index in [4.69, 9.17) is 0 Å². The van der Waals surface area contributed by atoms with E-state index in [1.165, 1.54) is 0 Å². The molecular weight excluding hydrogens is 334 g/mol. The Morgan fingerprint density at radius 3 is 2.38 bits per heavy atom. The summed E-state index contributed by atoms with van der Waals surface area (Å²) < 4.78 is 1.91. The molecule has 0 saturated carbocycles. The molecule has 1 saturated heterocycles. The minimum absolute atomic E-state index is 0.0337. The van der Waals surface area contributed by atoms with Gasteiger partial charge >= 0.3 is 0 Å². The van der Waals surface area contributed by atoms with Crippen molar-refractivity contribution < 1.29 is 14.4 Å². The number of nitrogens with one attached hydrogen (secondary N) is 1. The van der Waals surface area contributed by atoms with Crippen molar-refractivity contribution in [3.63, 3.8) is 0 Å². The molecule has 2 aliphatic heterocycles. The van der Waals surface area contributed by atoms with Crippen LogP contribution in [0.1, 0.15) is 59.9 Å². The Morgan fingerprint density at radius 2 is 1.73 bits per heavy atom. The molecule has 3 rings (SSSR count). The van der Waals surface area contributed by atoms with E-state index in [1.807, 2.05) is 11.5 Å². The highest BCUT2D eigenvalue weighted by Crippen LogP contribution is 2.23. The molecule has 0 atom stereocenters. The number of carbonyl (C=O) groups excluding carboxylic acids is 3. The first-order chi connectivity index (χ1) is 12.5. The van der Waals surface area contributed by atoms with E-state index >= 15 is 0 Å². The number of hydrogen-bond acceptors (Lipinski definition) is 4. The van der Waals surface area contributed by atoms with Crippen molar-refractivity contribution in [1.82, 2.24) is 24.7 Å². The van der Waals surface area contributed by atoms with Gasteiger partial charge < -0.3 is 19.7 Å². The molecule has 0 unspecified atom stereocenters. The van der Waals surface area contributed by atoms with E-state index in [0.717, 1.165) is 37.9 Å². The maximum atomic E-state index is 13.0. The zero-order valence-electron chi connectivity index (χ0n) is 15.6. The molecule has 1 N–H and O–H groups in total. The molecular formula is C18H27N5O3. The normalized spacial score (nSPS) is 17.0. The third-order valence-corrected chi connectivity index (χ3v) is 5.07. The van der Waals surface area contributed by atoms with Crippen LogP contribution in [0.2, 0.25) is 0 Å². The summed E-state index contributed by atoms with van der Waals surface area (Å²) in [6, 6.07) is 0. The van der Waals surface area contributed by atoms with Gasteiger partial charge in [0.15, 0.2) is 5.82 Å². The lowest BCUT2D eigenvalue weighted by molar-refractivity contribution is -0.130. The third-order valence-electron chi connectivity index (χ3n) is 5.07. The maximum absolute atomic E-state index is 13.0. The third kappa shape index (κ3) is 3.59. The summed E-state index contributed by atoms with van der Waals surface area (Å²) in [5.41, 5.74) is 1.28. The Kier molecular flexibility index (Phi) is 5.58. The minimum atomic E-state index is -0.213. The fourth-order valence-electron chi connectivity index (χ4n) is 3.58. The van der Waals surface area contributed by atoms with Crippen LogP contribution >= 0.6 is 0 Å². The number of carbonyl (C=O) groups is 3. The number of fused-ring (bicyclic) bond motifs is 1. The van der Waals surface area contributed by atoms with Crippen LogP contribution in [0, 0.1) is 0 Å². The number of hydrogen-bond donors (Lipinski definition) is 1. The SMILES string of the molecule is CCCNC(=O)c1nc(C(=O)N2CCN(C(C)=O)CC2)c2n1CCCC2. The Bertz CT molecular complexity index is 704. The highest BCUT2D eigenvalue weighted by Gasteiger charge is 2.31. The van der Waals surface area contributed by atoms with Gasteiger partial charge in [0, 0.05) is 46.2 Å². The molecule has 2 aliphatic rings. The monoisotopic (exact) mass is 361 g/mol. The summed E-state index contributed by atoms with van der Waals surface area (Å²) in [6.07, 6.45) is 3.61. The molecule has 3 heterocycles. The van der Waals surface area contributed by atoms with Crippen molar-refractivity contribution >= 4 is 17.7 Å². The second kappa shape index (κ2) is 7.88. The summed E-state index contributed by atoms with van der Waals surface area (Å²) in [6.45, 7) is 6.95. The van der Waals surface area contributed by atoms with E-state index in [0.29, 0.717) is 44.2 Å². The minimum Gasteiger partial charge on any atom is -0.349 e. The number of aromatic nitrogens is 2. The maximum Gasteiger partial charge on any atom is 0.287 e. The van der Waals surface area contributed by atoms with Crippen LogP contribution in [0.5, 0.6) is 0 Å². The summed E-state index contributed by atoms with van der Waals surface area (Å²) in [7, 11) is 0. The van der Waals surface area contributed by atoms with Crippen LogP contribution in [0.25, 0.3) is 0 Å². The average Bonchev–Trinajstić information content (AvgIpc) is 3.05. The lowest BCUT2D eigenvalue weighted by Crippen LogP contribution is -2.50. The molecule has 0 aliphatic carbocycles. The van der Waals surface area contributed by atoms with Crippen molar-refractivity contribution in [3.05, 3.63) is 17.2 Å². The lowest BCUT2D eigenvalue weighted by atomic mass is 10.1. The first-order valence-electron chi connectivity index (χ1n) is 9.45. The largest absolute Gasteiger partial charge is 0.349 e. The summed E-state index contributed by atoms with van der Waals surface area (Å²) in [5.74, 6) is 0.0362. The van der Waals surface area contributed by atoms with Gasteiger partial charge in [0.2, 0.25) is 5.91 Å². The Morgan fingerprint density at radius 1 is 1.04 bits per heavy atom. The highest BCUT2D eigenvalue weighted by molar-refractivity contribution is 5.97. The van der Waals surface area contributed by atoms with Crippen molar-refractivity contribution in [1.29, 1.82) is 0 Å². The van der Waals surface area contributed by atoms with E-state index in [-0.39, 0.29) is 17.7 Å². The predicted octanol–water partition coefficient (Wildman–Crippen LogP) is 0.664. The van der Waals surface area contributed by atoms with Gasteiger partial charge in [-0.1, -0.05) is 6.92 Å². The molecule has 142 valence electrons. The first kappa shape index (κ1) is 18.4. The van der Waals surface area contributed by atoms with Crippen molar-refractivity contribution in [2.45, 2.75) is 46.1 Å². The predicted molar refractivity (Wildman–Crippen MR) is 95.9 cm³/mol. The molecule has 0 spiro atoms. The zero-order valence-corrected chi connectivity index (χ0v) is 15.6. The topological polar surface area (TPSA) is 87.5 Å². The van der Waals surface area contributed by atoms with Gasteiger partial charge in [0.1, 0.15) is 5.69 Å². The van der Waals surface area contributed by atoms with Gasteiger partial charge in [-0.05, 0) is 25.7 Å². The molecule has 3 amide bonds. The molecule has 1 aromatic rings. The Hall–Kier alpha value is -2.38. The van der Waals surface area contributed by atoms with E-state index in [2.05, 4.69) is 10.3 Å². The van der Waals surface area contributed by atoms with Crippen molar-refractivity contribution in [3.8, 4) is 0 Å². The standard InChI is InChI=1S/C18H27N5O3/c1-3-7-19-17(25)16-20-15(14-6-4-5-8-23(14)16)18(26)22-11-9-21(10-12-22)13(2)24/h3-12H2,1-2H3,(H,19,25). The molecule has 0 aromatic carbocycles. The molecule has 8 nitrogen and oxygen atoms in total. The Labute approximate surface area is 153 Å². The van der Waals surface area contributed by atoms with Crippen molar-refractivity contribution in [2.24, 2.45) is 0 Å². The van der Waals surface area contributed by atoms with Gasteiger partial charge in [-0.2, -0.15) is 0 Å². The molecule has 0 radical (unpaired) electrons. The smallest absolute Gasteiger partial charge is 0.287 e. The van der Waals surface area contributed by atoms with Gasteiger partial charge in [-0.25, -0.2) is 4.98 Å². The molecule has 0 bridgehead atoms. The fourth-order valence-corrected chi connectivity index (χ4v) is 3.58. The molecule has 26 heavy (non-hydrogen) atoms. The second-order valence-corrected chi connectivity index (χ2v) is 6.89. The van der Waals surface area contributed by atoms with E-state index in [9.17, 15) is 14.4 Å². The van der Waals surface area contributed by atoms with Crippen LogP contribution in [0.3, 0.4) is 0 Å².